The molecule has 4 rings (SSSR count). The van der Waals surface area contributed by atoms with Crippen LogP contribution in [0.3, 0.4) is 0 Å². The lowest BCUT2D eigenvalue weighted by molar-refractivity contribution is -0.154. The summed E-state index contributed by atoms with van der Waals surface area (Å²) >= 11 is 0. The van der Waals surface area contributed by atoms with Crippen molar-refractivity contribution in [3.05, 3.63) is 35.9 Å². The molecule has 3 N–H and O–H groups in total. The van der Waals surface area contributed by atoms with Crippen molar-refractivity contribution in [3.63, 3.8) is 0 Å². The van der Waals surface area contributed by atoms with Crippen molar-refractivity contribution in [2.24, 2.45) is 5.73 Å². The number of ether oxygens (including phenoxy) is 2. The van der Waals surface area contributed by atoms with Gasteiger partial charge in [-0.3, -0.25) is 0 Å². The van der Waals surface area contributed by atoms with Crippen LogP contribution in [0.4, 0.5) is 4.79 Å². The second-order valence-electron chi connectivity index (χ2n) is 6.14. The van der Waals surface area contributed by atoms with Crippen LogP contribution in [0.25, 0.3) is 0 Å². The maximum Gasteiger partial charge on any atom is 0.407 e. The fourth-order valence-electron chi connectivity index (χ4n) is 3.16. The molecule has 2 bridgehead atoms. The number of carbonyl (C=O) groups excluding carboxylic acids is 1. The van der Waals surface area contributed by atoms with Crippen molar-refractivity contribution >= 4 is 6.09 Å². The smallest absolute Gasteiger partial charge is 0.407 e. The van der Waals surface area contributed by atoms with Gasteiger partial charge in [0, 0.05) is 6.54 Å². The summed E-state index contributed by atoms with van der Waals surface area (Å²) in [6, 6.07) is 9.67. The summed E-state index contributed by atoms with van der Waals surface area (Å²) in [6.45, 7) is 1.38. The summed E-state index contributed by atoms with van der Waals surface area (Å²) < 4.78 is 11.2. The number of rotatable bonds is 4. The van der Waals surface area contributed by atoms with Crippen LogP contribution in [-0.2, 0) is 16.1 Å². The summed E-state index contributed by atoms with van der Waals surface area (Å²) in [4.78, 5) is 12.0. The van der Waals surface area contributed by atoms with Crippen molar-refractivity contribution in [3.8, 4) is 0 Å². The first kappa shape index (κ1) is 14.4. The minimum absolute atomic E-state index is 0.155. The monoisotopic (exact) mass is 290 g/mol. The van der Waals surface area contributed by atoms with E-state index in [1.54, 1.807) is 0 Å². The third kappa shape index (κ3) is 3.04. The lowest BCUT2D eigenvalue weighted by Crippen LogP contribution is -2.64. The number of amides is 1. The molecule has 2 saturated heterocycles. The number of hydrogen-bond acceptors (Lipinski definition) is 4. The number of benzene rings is 1. The Morgan fingerprint density at radius 3 is 2.52 bits per heavy atom. The zero-order valence-electron chi connectivity index (χ0n) is 12.1. The Labute approximate surface area is 124 Å². The van der Waals surface area contributed by atoms with Gasteiger partial charge >= 0.3 is 6.09 Å². The molecule has 1 aromatic rings. The summed E-state index contributed by atoms with van der Waals surface area (Å²) in [5.74, 6) is 0. The molecule has 1 saturated carbocycles. The number of carbonyl (C=O) groups is 1. The van der Waals surface area contributed by atoms with E-state index in [0.717, 1.165) is 31.2 Å². The Morgan fingerprint density at radius 1 is 1.24 bits per heavy atom. The predicted octanol–water partition coefficient (Wildman–Crippen LogP) is 1.95. The highest BCUT2D eigenvalue weighted by atomic mass is 16.6. The van der Waals surface area contributed by atoms with Crippen molar-refractivity contribution in [1.82, 2.24) is 5.32 Å². The fraction of sp³-hybridized carbons (Fsp3) is 0.562. The summed E-state index contributed by atoms with van der Waals surface area (Å²) in [5.41, 5.74) is 6.35. The van der Waals surface area contributed by atoms with Gasteiger partial charge in [0.25, 0.3) is 0 Å². The lowest BCUT2D eigenvalue weighted by Gasteiger charge is -2.52. The molecular formula is C16H22N2O3. The molecular weight excluding hydrogens is 268 g/mol. The Hall–Kier alpha value is -1.59. The van der Waals surface area contributed by atoms with Crippen molar-refractivity contribution < 1.29 is 14.3 Å². The molecule has 0 atom stereocenters. The molecule has 0 spiro atoms. The van der Waals surface area contributed by atoms with Gasteiger partial charge in [0.2, 0.25) is 0 Å². The second-order valence-corrected chi connectivity index (χ2v) is 6.14. The van der Waals surface area contributed by atoms with Crippen LogP contribution in [-0.4, -0.2) is 30.4 Å². The Kier molecular flexibility index (Phi) is 3.87. The molecule has 5 heteroatoms. The number of alkyl carbamates (subject to hydrolysis) is 1. The minimum atomic E-state index is -0.371. The van der Waals surface area contributed by atoms with Gasteiger partial charge in [-0.25, -0.2) is 4.79 Å². The van der Waals surface area contributed by atoms with Gasteiger partial charge in [0.15, 0.2) is 0 Å². The predicted molar refractivity (Wildman–Crippen MR) is 78.7 cm³/mol. The lowest BCUT2D eigenvalue weighted by atomic mass is 9.71. The molecule has 0 radical (unpaired) electrons. The number of hydrogen-bond donors (Lipinski definition) is 2. The van der Waals surface area contributed by atoms with E-state index in [2.05, 4.69) is 5.32 Å². The highest BCUT2D eigenvalue weighted by Gasteiger charge is 2.50. The van der Waals surface area contributed by atoms with Crippen molar-refractivity contribution in [1.29, 1.82) is 0 Å². The van der Waals surface area contributed by atoms with E-state index in [0.29, 0.717) is 13.2 Å². The summed E-state index contributed by atoms with van der Waals surface area (Å²) in [5, 5.41) is 3.00. The van der Waals surface area contributed by atoms with E-state index in [4.69, 9.17) is 15.2 Å². The standard InChI is InChI=1S/C16H22N2O3/c17-11-16-8-6-15(7-9-16,12-21-16)18-14(19)20-10-13-4-2-1-3-5-13/h1-5H,6-12,17H2,(H,18,19). The molecule has 0 unspecified atom stereocenters. The van der Waals surface area contributed by atoms with Gasteiger partial charge in [-0.05, 0) is 31.2 Å². The van der Waals surface area contributed by atoms with Crippen LogP contribution >= 0.6 is 0 Å². The average molecular weight is 290 g/mol. The first-order valence-corrected chi connectivity index (χ1v) is 7.48. The van der Waals surface area contributed by atoms with Gasteiger partial charge in [-0.15, -0.1) is 0 Å². The van der Waals surface area contributed by atoms with Crippen LogP contribution in [0.1, 0.15) is 31.2 Å². The normalized spacial score (nSPS) is 30.9. The van der Waals surface area contributed by atoms with E-state index in [9.17, 15) is 4.79 Å². The van der Waals surface area contributed by atoms with E-state index in [-0.39, 0.29) is 23.8 Å². The third-order valence-electron chi connectivity index (χ3n) is 4.72. The van der Waals surface area contributed by atoms with Gasteiger partial charge in [-0.2, -0.15) is 0 Å². The maximum atomic E-state index is 12.0. The van der Waals surface area contributed by atoms with Crippen LogP contribution in [0.2, 0.25) is 0 Å². The fourth-order valence-corrected chi connectivity index (χ4v) is 3.16. The maximum absolute atomic E-state index is 12.0. The molecule has 2 aliphatic heterocycles. The number of nitrogens with two attached hydrogens (primary N) is 1. The molecule has 114 valence electrons. The Balaban J connectivity index is 1.52. The summed E-state index contributed by atoms with van der Waals surface area (Å²) in [7, 11) is 0. The van der Waals surface area contributed by atoms with E-state index < -0.39 is 0 Å². The van der Waals surface area contributed by atoms with E-state index >= 15 is 0 Å². The second kappa shape index (κ2) is 5.66. The molecule has 3 aliphatic rings. The topological polar surface area (TPSA) is 73.6 Å². The first-order chi connectivity index (χ1) is 10.2. The number of fused-ring (bicyclic) bond motifs is 3. The first-order valence-electron chi connectivity index (χ1n) is 7.48. The third-order valence-corrected chi connectivity index (χ3v) is 4.72. The molecule has 21 heavy (non-hydrogen) atoms. The zero-order chi connectivity index (χ0) is 14.8. The quantitative estimate of drug-likeness (QED) is 0.889. The molecule has 3 fully saturated rings. The molecule has 1 aromatic carbocycles. The highest BCUT2D eigenvalue weighted by Crippen LogP contribution is 2.42. The SMILES string of the molecule is NCC12CCC(NC(=O)OCc3ccccc3)(CC1)CO2. The Morgan fingerprint density at radius 2 is 1.95 bits per heavy atom. The van der Waals surface area contributed by atoms with Gasteiger partial charge in [0.05, 0.1) is 17.7 Å². The van der Waals surface area contributed by atoms with Crippen molar-refractivity contribution in [2.45, 2.75) is 43.4 Å². The summed E-state index contributed by atoms with van der Waals surface area (Å²) in [6.07, 6.45) is 3.25. The number of nitrogens with one attached hydrogen (secondary N) is 1. The Bertz CT molecular complexity index is 479. The van der Waals surface area contributed by atoms with Gasteiger partial charge in [-0.1, -0.05) is 30.3 Å². The highest BCUT2D eigenvalue weighted by molar-refractivity contribution is 5.68. The minimum Gasteiger partial charge on any atom is -0.445 e. The van der Waals surface area contributed by atoms with Gasteiger partial charge < -0.3 is 20.5 Å². The van der Waals surface area contributed by atoms with Gasteiger partial charge in [0.1, 0.15) is 6.61 Å². The van der Waals surface area contributed by atoms with Crippen LogP contribution in [0, 0.1) is 0 Å². The molecule has 1 amide bonds. The van der Waals surface area contributed by atoms with Crippen LogP contribution < -0.4 is 11.1 Å². The molecule has 0 aromatic heterocycles. The van der Waals surface area contributed by atoms with E-state index in [1.807, 2.05) is 30.3 Å². The zero-order valence-corrected chi connectivity index (χ0v) is 12.1. The van der Waals surface area contributed by atoms with Crippen molar-refractivity contribution in [2.75, 3.05) is 13.2 Å². The largest absolute Gasteiger partial charge is 0.445 e. The molecule has 1 aliphatic carbocycles. The average Bonchev–Trinajstić information content (AvgIpc) is 2.55. The van der Waals surface area contributed by atoms with Crippen LogP contribution in [0.5, 0.6) is 0 Å². The molecule has 2 heterocycles. The molecule has 5 nitrogen and oxygen atoms in total. The van der Waals surface area contributed by atoms with Crippen LogP contribution in [0.15, 0.2) is 30.3 Å². The van der Waals surface area contributed by atoms with E-state index in [1.165, 1.54) is 0 Å².